The van der Waals surface area contributed by atoms with Crippen LogP contribution >= 0.6 is 15.9 Å². The first-order valence-corrected chi connectivity index (χ1v) is 7.02. The molecule has 1 aliphatic carbocycles. The van der Waals surface area contributed by atoms with Gasteiger partial charge in [-0.1, -0.05) is 15.9 Å². The second-order valence-electron chi connectivity index (χ2n) is 4.59. The second-order valence-corrected chi connectivity index (χ2v) is 5.50. The third kappa shape index (κ3) is 2.39. The van der Waals surface area contributed by atoms with E-state index in [-0.39, 0.29) is 11.6 Å². The molecule has 0 spiro atoms. The SMILES string of the molecule is N#Cc1cc2c(nc1Oc1ccc(Br)cc1F)CCC2. The minimum absolute atomic E-state index is 0.0650. The Morgan fingerprint density at radius 3 is 2.90 bits per heavy atom. The summed E-state index contributed by atoms with van der Waals surface area (Å²) in [7, 11) is 0. The average molecular weight is 333 g/mol. The lowest BCUT2D eigenvalue weighted by atomic mass is 10.1. The predicted octanol–water partition coefficient (Wildman–Crippen LogP) is 4.14. The van der Waals surface area contributed by atoms with Crippen molar-refractivity contribution < 1.29 is 9.13 Å². The number of rotatable bonds is 2. The van der Waals surface area contributed by atoms with Gasteiger partial charge >= 0.3 is 0 Å². The number of benzene rings is 1. The van der Waals surface area contributed by atoms with Gasteiger partial charge in [0.2, 0.25) is 5.88 Å². The predicted molar refractivity (Wildman–Crippen MR) is 75.2 cm³/mol. The molecule has 1 heterocycles. The van der Waals surface area contributed by atoms with Crippen LogP contribution in [0.1, 0.15) is 23.2 Å². The number of hydrogen-bond acceptors (Lipinski definition) is 3. The quantitative estimate of drug-likeness (QED) is 0.830. The fourth-order valence-corrected chi connectivity index (χ4v) is 2.61. The van der Waals surface area contributed by atoms with E-state index in [0.29, 0.717) is 10.0 Å². The van der Waals surface area contributed by atoms with Gasteiger partial charge in [0.25, 0.3) is 0 Å². The third-order valence-electron chi connectivity index (χ3n) is 3.24. The van der Waals surface area contributed by atoms with Crippen molar-refractivity contribution in [1.82, 2.24) is 4.98 Å². The van der Waals surface area contributed by atoms with E-state index in [2.05, 4.69) is 27.0 Å². The van der Waals surface area contributed by atoms with Crippen LogP contribution in [0.2, 0.25) is 0 Å². The first-order chi connectivity index (χ1) is 9.67. The Labute approximate surface area is 124 Å². The highest BCUT2D eigenvalue weighted by Gasteiger charge is 2.18. The molecule has 0 saturated heterocycles. The summed E-state index contributed by atoms with van der Waals surface area (Å²) in [4.78, 5) is 4.36. The lowest BCUT2D eigenvalue weighted by Crippen LogP contribution is -1.98. The van der Waals surface area contributed by atoms with Crippen molar-refractivity contribution >= 4 is 15.9 Å². The van der Waals surface area contributed by atoms with Gasteiger partial charge in [-0.25, -0.2) is 9.37 Å². The molecule has 1 aliphatic rings. The highest BCUT2D eigenvalue weighted by Crippen LogP contribution is 2.31. The number of hydrogen-bond donors (Lipinski definition) is 0. The number of nitriles is 1. The van der Waals surface area contributed by atoms with E-state index in [1.807, 2.05) is 0 Å². The molecule has 1 aromatic carbocycles. The largest absolute Gasteiger partial charge is 0.435 e. The van der Waals surface area contributed by atoms with E-state index >= 15 is 0 Å². The van der Waals surface area contributed by atoms with Gasteiger partial charge in [0.05, 0.1) is 0 Å². The number of fused-ring (bicyclic) bond motifs is 1. The molecular formula is C15H10BrFN2O. The molecule has 0 N–H and O–H groups in total. The van der Waals surface area contributed by atoms with Crippen LogP contribution in [0, 0.1) is 17.1 Å². The molecule has 0 unspecified atom stereocenters. The molecule has 0 aliphatic heterocycles. The zero-order chi connectivity index (χ0) is 14.1. The molecule has 5 heteroatoms. The second kappa shape index (κ2) is 5.22. The lowest BCUT2D eigenvalue weighted by Gasteiger charge is -2.09. The maximum absolute atomic E-state index is 13.8. The van der Waals surface area contributed by atoms with Crippen LogP contribution in [0.15, 0.2) is 28.7 Å². The van der Waals surface area contributed by atoms with Gasteiger partial charge < -0.3 is 4.74 Å². The Morgan fingerprint density at radius 2 is 2.15 bits per heavy atom. The van der Waals surface area contributed by atoms with Crippen LogP contribution < -0.4 is 4.74 Å². The Balaban J connectivity index is 2.00. The number of halogens is 2. The fourth-order valence-electron chi connectivity index (χ4n) is 2.27. The summed E-state index contributed by atoms with van der Waals surface area (Å²) in [6.45, 7) is 0. The molecule has 100 valence electrons. The zero-order valence-electron chi connectivity index (χ0n) is 10.5. The highest BCUT2D eigenvalue weighted by atomic mass is 79.9. The van der Waals surface area contributed by atoms with Crippen molar-refractivity contribution in [3.05, 3.63) is 51.4 Å². The Morgan fingerprint density at radius 1 is 1.30 bits per heavy atom. The van der Waals surface area contributed by atoms with E-state index in [4.69, 9.17) is 10.00 Å². The number of aromatic nitrogens is 1. The summed E-state index contributed by atoms with van der Waals surface area (Å²) in [5.74, 6) is -0.255. The first-order valence-electron chi connectivity index (χ1n) is 6.23. The summed E-state index contributed by atoms with van der Waals surface area (Å²) in [5, 5.41) is 9.17. The zero-order valence-corrected chi connectivity index (χ0v) is 12.1. The van der Waals surface area contributed by atoms with Crippen LogP contribution in [-0.4, -0.2) is 4.98 Å². The Kier molecular flexibility index (Phi) is 3.41. The van der Waals surface area contributed by atoms with Gasteiger partial charge in [0.15, 0.2) is 11.6 Å². The minimum Gasteiger partial charge on any atom is -0.435 e. The summed E-state index contributed by atoms with van der Waals surface area (Å²) >= 11 is 3.19. The molecule has 20 heavy (non-hydrogen) atoms. The lowest BCUT2D eigenvalue weighted by molar-refractivity contribution is 0.424. The smallest absolute Gasteiger partial charge is 0.237 e. The molecular weight excluding hydrogens is 323 g/mol. The van der Waals surface area contributed by atoms with Gasteiger partial charge in [-0.3, -0.25) is 0 Å². The van der Waals surface area contributed by atoms with Crippen molar-refractivity contribution in [3.63, 3.8) is 0 Å². The molecule has 2 aromatic rings. The molecule has 3 nitrogen and oxygen atoms in total. The molecule has 0 fully saturated rings. The molecule has 0 saturated carbocycles. The van der Waals surface area contributed by atoms with Crippen LogP contribution in [-0.2, 0) is 12.8 Å². The standard InChI is InChI=1S/C15H10BrFN2O/c16-11-4-5-14(12(17)7-11)20-15-10(8-18)6-9-2-1-3-13(9)19-15/h4-7H,1-3H2. The van der Waals surface area contributed by atoms with E-state index < -0.39 is 5.82 Å². The van der Waals surface area contributed by atoms with Crippen molar-refractivity contribution in [1.29, 1.82) is 5.26 Å². The summed E-state index contributed by atoms with van der Waals surface area (Å²) in [5.41, 5.74) is 2.37. The molecule has 1 aromatic heterocycles. The first kappa shape index (κ1) is 13.1. The molecule has 3 rings (SSSR count). The van der Waals surface area contributed by atoms with E-state index in [0.717, 1.165) is 30.5 Å². The molecule has 0 amide bonds. The van der Waals surface area contributed by atoms with E-state index in [1.165, 1.54) is 12.1 Å². The van der Waals surface area contributed by atoms with Gasteiger partial charge in [-0.15, -0.1) is 0 Å². The van der Waals surface area contributed by atoms with Gasteiger partial charge in [-0.2, -0.15) is 5.26 Å². The maximum Gasteiger partial charge on any atom is 0.237 e. The summed E-state index contributed by atoms with van der Waals surface area (Å²) in [6.07, 6.45) is 2.84. The Hall–Kier alpha value is -1.93. The van der Waals surface area contributed by atoms with Crippen molar-refractivity contribution in [2.45, 2.75) is 19.3 Å². The number of nitrogens with zero attached hydrogens (tertiary/aromatic N) is 2. The molecule has 0 bridgehead atoms. The van der Waals surface area contributed by atoms with Gasteiger partial charge in [0.1, 0.15) is 11.6 Å². The fraction of sp³-hybridized carbons (Fsp3) is 0.200. The minimum atomic E-state index is -0.495. The maximum atomic E-state index is 13.8. The van der Waals surface area contributed by atoms with Crippen molar-refractivity contribution in [3.8, 4) is 17.7 Å². The van der Waals surface area contributed by atoms with Crippen LogP contribution in [0.3, 0.4) is 0 Å². The van der Waals surface area contributed by atoms with Gasteiger partial charge in [0, 0.05) is 10.2 Å². The van der Waals surface area contributed by atoms with Crippen LogP contribution in [0.25, 0.3) is 0 Å². The van der Waals surface area contributed by atoms with Gasteiger partial charge in [-0.05, 0) is 49.1 Å². The Bertz CT molecular complexity index is 725. The number of aryl methyl sites for hydroxylation is 2. The van der Waals surface area contributed by atoms with Crippen LogP contribution in [0.4, 0.5) is 4.39 Å². The normalized spacial score (nSPS) is 12.8. The van der Waals surface area contributed by atoms with E-state index in [9.17, 15) is 4.39 Å². The average Bonchev–Trinajstić information content (AvgIpc) is 2.88. The van der Waals surface area contributed by atoms with E-state index in [1.54, 1.807) is 12.1 Å². The molecule has 0 radical (unpaired) electrons. The molecule has 0 atom stereocenters. The number of pyridine rings is 1. The highest BCUT2D eigenvalue weighted by molar-refractivity contribution is 9.10. The summed E-state index contributed by atoms with van der Waals surface area (Å²) in [6, 6.07) is 8.35. The number of ether oxygens (including phenoxy) is 1. The third-order valence-corrected chi connectivity index (χ3v) is 3.73. The van der Waals surface area contributed by atoms with Crippen LogP contribution in [0.5, 0.6) is 11.6 Å². The topological polar surface area (TPSA) is 45.9 Å². The van der Waals surface area contributed by atoms with Crippen molar-refractivity contribution in [2.24, 2.45) is 0 Å². The summed E-state index contributed by atoms with van der Waals surface area (Å²) < 4.78 is 19.9. The monoisotopic (exact) mass is 332 g/mol. The van der Waals surface area contributed by atoms with Crippen molar-refractivity contribution in [2.75, 3.05) is 0 Å².